The topological polar surface area (TPSA) is 238 Å². The van der Waals surface area contributed by atoms with Gasteiger partial charge >= 0.3 is 41.9 Å². The minimum Gasteiger partial charge on any atom is -0.463 e. The van der Waals surface area contributed by atoms with Crippen LogP contribution in [0.5, 0.6) is 0 Å². The largest absolute Gasteiger partial charge is 0.463 e. The highest BCUT2D eigenvalue weighted by atomic mass is 16.7. The highest BCUT2D eigenvalue weighted by Crippen LogP contribution is 2.70. The molecule has 1 saturated heterocycles. The lowest BCUT2D eigenvalue weighted by Gasteiger charge is -2.63. The molecule has 10 atom stereocenters. The first-order chi connectivity index (χ1) is 37.0. The number of esters is 6. The number of fused-ring (bicyclic) bond motifs is 1. The summed E-state index contributed by atoms with van der Waals surface area (Å²) in [5.74, 6) is -4.70. The Morgan fingerprint density at radius 2 is 1.25 bits per heavy atom. The molecule has 79 heavy (non-hydrogen) atoms. The first-order valence-corrected chi connectivity index (χ1v) is 30.1. The third-order valence-electron chi connectivity index (χ3n) is 23.6. The van der Waals surface area contributed by atoms with Crippen molar-refractivity contribution in [1.82, 2.24) is 5.32 Å². The highest BCUT2D eigenvalue weighted by Gasteiger charge is 2.80. The zero-order valence-electron chi connectivity index (χ0n) is 48.9. The molecular weight excluding hydrogens is 1020 g/mol. The third kappa shape index (κ3) is 9.22. The van der Waals surface area contributed by atoms with Gasteiger partial charge in [0.1, 0.15) is 35.6 Å². The molecule has 12 rings (SSSR count). The summed E-state index contributed by atoms with van der Waals surface area (Å²) in [6, 6.07) is 0. The van der Waals surface area contributed by atoms with E-state index in [1.165, 1.54) is 34.6 Å². The van der Waals surface area contributed by atoms with Crippen molar-refractivity contribution < 1.29 is 76.7 Å². The summed E-state index contributed by atoms with van der Waals surface area (Å²) in [4.78, 5) is 113. The van der Waals surface area contributed by atoms with E-state index < -0.39 is 104 Å². The molecule has 11 aliphatic carbocycles. The lowest BCUT2D eigenvalue weighted by atomic mass is 9.40. The van der Waals surface area contributed by atoms with E-state index in [9.17, 15) is 14.7 Å². The number of rotatable bonds is 21. The minimum atomic E-state index is -2.62. The molecule has 440 valence electrons. The standard InChI is InChI=1S/C61H90N2O16/c1-12-34(2)63-79-52(71)62-17-19-72-49(68)59(11,58(10,53(3,4)47(66)76-55(7)15-13-14-16-55)51(70)77-56(8)40-23-35-21-36(25-40)26-41(56)24-35)57(9,50(69)75-44-39-27-42-43(28-39)46(65)74-45(42)44)54(5,6)48(67)78-61-31-37-22-38(32-61)30-60(29-37,33-61)73-20-18-64/h35-45,64H,12-33H2,1-11H3,(H,62,71). The quantitative estimate of drug-likeness (QED) is 0.0272. The van der Waals surface area contributed by atoms with Crippen LogP contribution in [-0.4, -0.2) is 114 Å². The van der Waals surface area contributed by atoms with Gasteiger partial charge in [-0.05, 0) is 214 Å². The van der Waals surface area contributed by atoms with Crippen LogP contribution in [0.3, 0.4) is 0 Å². The van der Waals surface area contributed by atoms with Gasteiger partial charge in [0.05, 0.1) is 64.1 Å². The van der Waals surface area contributed by atoms with Gasteiger partial charge in [-0.3, -0.25) is 33.6 Å². The number of hydrogen-bond acceptors (Lipinski definition) is 17. The Kier molecular flexibility index (Phi) is 14.8. The lowest BCUT2D eigenvalue weighted by molar-refractivity contribution is -0.259. The zero-order valence-corrected chi connectivity index (χ0v) is 48.9. The van der Waals surface area contributed by atoms with Crippen molar-refractivity contribution in [2.24, 2.45) is 85.5 Å². The first kappa shape index (κ1) is 57.9. The summed E-state index contributed by atoms with van der Waals surface area (Å²) >= 11 is 0. The molecule has 1 amide bonds. The van der Waals surface area contributed by atoms with Crippen LogP contribution in [0.15, 0.2) is 5.16 Å². The van der Waals surface area contributed by atoms with Crippen LogP contribution in [0.25, 0.3) is 0 Å². The van der Waals surface area contributed by atoms with E-state index in [0.29, 0.717) is 68.9 Å². The molecule has 10 unspecified atom stereocenters. The smallest absolute Gasteiger partial charge is 0.433 e. The molecule has 1 aliphatic heterocycles. The number of carbonyl (C=O) groups is 7. The monoisotopic (exact) mass is 1110 g/mol. The molecule has 12 fully saturated rings. The number of carbonyl (C=O) groups excluding carboxylic acids is 7. The molecule has 0 aromatic heterocycles. The van der Waals surface area contributed by atoms with Crippen LogP contribution < -0.4 is 5.32 Å². The second-order valence-electron chi connectivity index (χ2n) is 28.7. The summed E-state index contributed by atoms with van der Waals surface area (Å²) < 4.78 is 46.1. The molecule has 11 saturated carbocycles. The summed E-state index contributed by atoms with van der Waals surface area (Å²) in [6.45, 7) is 17.0. The zero-order chi connectivity index (χ0) is 57.1. The highest BCUT2D eigenvalue weighted by molar-refractivity contribution is 6.01. The predicted octanol–water partition coefficient (Wildman–Crippen LogP) is 8.88. The van der Waals surface area contributed by atoms with Crippen molar-refractivity contribution in [3.63, 3.8) is 0 Å². The van der Waals surface area contributed by atoms with Crippen molar-refractivity contribution in [2.45, 2.75) is 226 Å². The van der Waals surface area contributed by atoms with E-state index in [1.807, 2.05) is 20.8 Å². The van der Waals surface area contributed by atoms with Crippen molar-refractivity contribution >= 4 is 47.6 Å². The fraction of sp³-hybridized carbons (Fsp3) is 0.869. The summed E-state index contributed by atoms with van der Waals surface area (Å²) in [7, 11) is 0. The Morgan fingerprint density at radius 1 is 0.684 bits per heavy atom. The molecule has 10 bridgehead atoms. The van der Waals surface area contributed by atoms with Gasteiger partial charge in [-0.1, -0.05) is 12.1 Å². The molecule has 1 heterocycles. The van der Waals surface area contributed by atoms with E-state index >= 15 is 24.0 Å². The minimum absolute atomic E-state index is 0.0117. The number of amides is 1. The number of ether oxygens (including phenoxy) is 7. The van der Waals surface area contributed by atoms with Gasteiger partial charge in [-0.25, -0.2) is 4.79 Å². The van der Waals surface area contributed by atoms with Crippen LogP contribution in [0.1, 0.15) is 192 Å². The maximum absolute atomic E-state index is 16.7. The Bertz CT molecular complexity index is 2450. The Labute approximate surface area is 466 Å². The van der Waals surface area contributed by atoms with Gasteiger partial charge in [0.25, 0.3) is 0 Å². The maximum Gasteiger partial charge on any atom is 0.433 e. The fourth-order valence-electron chi connectivity index (χ4n) is 18.6. The van der Waals surface area contributed by atoms with E-state index in [1.54, 1.807) is 20.8 Å². The Balaban J connectivity index is 1.12. The Morgan fingerprint density at radius 3 is 1.85 bits per heavy atom. The van der Waals surface area contributed by atoms with Gasteiger partial charge in [0, 0.05) is 18.3 Å². The fourth-order valence-corrected chi connectivity index (χ4v) is 18.6. The normalized spacial score (nSPS) is 38.5. The van der Waals surface area contributed by atoms with E-state index in [0.717, 1.165) is 64.2 Å². The van der Waals surface area contributed by atoms with E-state index in [4.69, 9.17) is 38.0 Å². The second kappa shape index (κ2) is 20.2. The SMILES string of the molecule is CCC(C)=NOC(=O)NCCOC(=O)C(C)(C(C)(C(=O)OC1C2CC3C(=O)OC1C3C2)C(C)(C)C(=O)OC12CC3CC(CC(OCCO)(C3)C1)C2)C(C)(C(=O)OC1(C)C2CC3CC(C2)CC1C3)C(C)(C)C(=O)OC1(C)CCCC1. The predicted molar refractivity (Wildman–Crippen MR) is 284 cm³/mol. The van der Waals surface area contributed by atoms with E-state index in [-0.39, 0.29) is 67.2 Å². The van der Waals surface area contributed by atoms with Crippen molar-refractivity contribution in [2.75, 3.05) is 26.4 Å². The van der Waals surface area contributed by atoms with Gasteiger partial charge in [0.2, 0.25) is 0 Å². The average molecular weight is 1110 g/mol. The molecule has 0 spiro atoms. The van der Waals surface area contributed by atoms with E-state index in [2.05, 4.69) is 10.5 Å². The third-order valence-corrected chi connectivity index (χ3v) is 23.6. The number of aliphatic hydroxyl groups is 1. The molecule has 0 aromatic carbocycles. The molecule has 0 aromatic rings. The first-order valence-electron chi connectivity index (χ1n) is 30.1. The second-order valence-corrected chi connectivity index (χ2v) is 28.7. The molecular formula is C61H90N2O16. The summed E-state index contributed by atoms with van der Waals surface area (Å²) in [5.41, 5.74) is -14.8. The van der Waals surface area contributed by atoms with Crippen LogP contribution in [0.2, 0.25) is 0 Å². The maximum atomic E-state index is 16.7. The van der Waals surface area contributed by atoms with Gasteiger partial charge in [-0.2, -0.15) is 0 Å². The molecule has 12 aliphatic rings. The van der Waals surface area contributed by atoms with Crippen LogP contribution in [-0.2, 0) is 66.8 Å². The number of nitrogens with one attached hydrogen (secondary N) is 1. The average Bonchev–Trinajstić information content (AvgIpc) is 4.20. The molecule has 0 radical (unpaired) electrons. The van der Waals surface area contributed by atoms with Crippen LogP contribution in [0.4, 0.5) is 4.79 Å². The Hall–Kier alpha value is -4.32. The molecule has 18 heteroatoms. The summed E-state index contributed by atoms with van der Waals surface area (Å²) in [6.07, 6.45) is 10.0. The lowest BCUT2D eigenvalue weighted by Crippen LogP contribution is -2.73. The summed E-state index contributed by atoms with van der Waals surface area (Å²) in [5, 5.41) is 16.3. The van der Waals surface area contributed by atoms with Crippen molar-refractivity contribution in [3.05, 3.63) is 0 Å². The van der Waals surface area contributed by atoms with Gasteiger partial charge in [-0.15, -0.1) is 0 Å². The van der Waals surface area contributed by atoms with Crippen LogP contribution in [0, 0.1) is 80.3 Å². The number of hydrogen-bond donors (Lipinski definition) is 2. The molecule has 2 N–H and O–H groups in total. The molecule has 18 nitrogen and oxygen atoms in total. The van der Waals surface area contributed by atoms with Crippen molar-refractivity contribution in [3.8, 4) is 0 Å². The number of oxime groups is 1. The van der Waals surface area contributed by atoms with Gasteiger partial charge < -0.3 is 43.6 Å². The number of nitrogens with zero attached hydrogens (tertiary/aromatic N) is 1. The van der Waals surface area contributed by atoms with Crippen LogP contribution >= 0.6 is 0 Å². The number of aliphatic hydroxyl groups excluding tert-OH is 1. The van der Waals surface area contributed by atoms with Gasteiger partial charge in [0.15, 0.2) is 0 Å². The van der Waals surface area contributed by atoms with Crippen molar-refractivity contribution in [1.29, 1.82) is 0 Å².